The first-order chi connectivity index (χ1) is 13.0. The van der Waals surface area contributed by atoms with Crippen LogP contribution in [0.4, 0.5) is 0 Å². The number of thiophene rings is 2. The molecule has 27 heavy (non-hydrogen) atoms. The molecule has 3 atom stereocenters. The Morgan fingerprint density at radius 1 is 1.19 bits per heavy atom. The highest BCUT2D eigenvalue weighted by Gasteiger charge is 2.45. The van der Waals surface area contributed by atoms with Crippen molar-refractivity contribution in [3.63, 3.8) is 0 Å². The summed E-state index contributed by atoms with van der Waals surface area (Å²) in [7, 11) is 1.39. The van der Waals surface area contributed by atoms with E-state index in [0.29, 0.717) is 12.0 Å². The van der Waals surface area contributed by atoms with Crippen LogP contribution in [-0.4, -0.2) is 24.6 Å². The first-order valence-electron chi connectivity index (χ1n) is 8.98. The van der Waals surface area contributed by atoms with Crippen LogP contribution in [0.2, 0.25) is 0 Å². The van der Waals surface area contributed by atoms with Crippen molar-refractivity contribution >= 4 is 40.1 Å². The molecule has 0 fully saturated rings. The smallest absolute Gasteiger partial charge is 0.315 e. The van der Waals surface area contributed by atoms with Gasteiger partial charge in [-0.15, -0.1) is 22.7 Å². The van der Waals surface area contributed by atoms with Crippen molar-refractivity contribution in [1.29, 1.82) is 0 Å². The van der Waals surface area contributed by atoms with Gasteiger partial charge < -0.3 is 4.74 Å². The van der Waals surface area contributed by atoms with Crippen LogP contribution in [0.3, 0.4) is 0 Å². The molecule has 0 spiro atoms. The second kappa shape index (κ2) is 7.17. The van der Waals surface area contributed by atoms with E-state index in [-0.39, 0.29) is 23.6 Å². The van der Waals surface area contributed by atoms with E-state index in [9.17, 15) is 9.59 Å². The van der Waals surface area contributed by atoms with E-state index in [2.05, 4.69) is 6.07 Å². The van der Waals surface area contributed by atoms with E-state index >= 15 is 0 Å². The van der Waals surface area contributed by atoms with E-state index in [0.717, 1.165) is 27.6 Å². The maximum absolute atomic E-state index is 13.2. The number of aliphatic imine (C=N–C) groups is 1. The molecule has 4 nitrogen and oxygen atoms in total. The quantitative estimate of drug-likeness (QED) is 0.692. The largest absolute Gasteiger partial charge is 0.468 e. The van der Waals surface area contributed by atoms with Crippen LogP contribution in [-0.2, 0) is 14.3 Å². The number of aryl methyl sites for hydroxylation is 1. The number of carbonyl (C=O) groups excluding carboxylic acids is 2. The molecule has 0 radical (unpaired) electrons. The molecule has 6 heteroatoms. The Bertz CT molecular complexity index is 952. The first-order valence-corrected chi connectivity index (χ1v) is 10.7. The van der Waals surface area contributed by atoms with Gasteiger partial charge in [0.1, 0.15) is 5.92 Å². The van der Waals surface area contributed by atoms with Crippen molar-refractivity contribution in [3.05, 3.63) is 55.5 Å². The third-order valence-corrected chi connectivity index (χ3v) is 7.48. The Morgan fingerprint density at radius 3 is 2.63 bits per heavy atom. The van der Waals surface area contributed by atoms with Gasteiger partial charge in [-0.25, -0.2) is 0 Å². The van der Waals surface area contributed by atoms with Gasteiger partial charge in [-0.1, -0.05) is 6.07 Å². The number of ether oxygens (including phenoxy) is 1. The Morgan fingerprint density at radius 2 is 2.00 bits per heavy atom. The van der Waals surface area contributed by atoms with Crippen molar-refractivity contribution in [2.24, 2.45) is 10.9 Å². The predicted molar refractivity (Wildman–Crippen MR) is 109 cm³/mol. The van der Waals surface area contributed by atoms with Crippen LogP contribution in [0.15, 0.2) is 45.9 Å². The van der Waals surface area contributed by atoms with E-state index in [1.54, 1.807) is 22.7 Å². The minimum Gasteiger partial charge on any atom is -0.468 e. The number of carbonyl (C=O) groups is 2. The lowest BCUT2D eigenvalue weighted by atomic mass is 9.72. The summed E-state index contributed by atoms with van der Waals surface area (Å²) in [5, 5.41) is 2.05. The fourth-order valence-corrected chi connectivity index (χ4v) is 6.00. The second-order valence-corrected chi connectivity index (χ2v) is 9.38. The molecule has 3 unspecified atom stereocenters. The minimum absolute atomic E-state index is 0.107. The predicted octanol–water partition coefficient (Wildman–Crippen LogP) is 4.87. The van der Waals surface area contributed by atoms with E-state index in [1.165, 1.54) is 12.0 Å². The first kappa shape index (κ1) is 18.3. The van der Waals surface area contributed by atoms with Gasteiger partial charge in [0.2, 0.25) is 0 Å². The molecule has 4 rings (SSSR count). The zero-order valence-corrected chi connectivity index (χ0v) is 17.2. The number of nitrogens with zero attached hydrogens (tertiary/aromatic N) is 1. The van der Waals surface area contributed by atoms with Crippen LogP contribution in [0.1, 0.15) is 46.2 Å². The molecule has 0 amide bonds. The average Bonchev–Trinajstić information content (AvgIpc) is 3.31. The van der Waals surface area contributed by atoms with E-state index in [1.807, 2.05) is 37.4 Å². The van der Waals surface area contributed by atoms with Crippen molar-refractivity contribution < 1.29 is 14.3 Å². The second-order valence-electron chi connectivity index (χ2n) is 7.08. The summed E-state index contributed by atoms with van der Waals surface area (Å²) in [6, 6.07) is 8.18. The Balaban J connectivity index is 1.82. The van der Waals surface area contributed by atoms with Crippen molar-refractivity contribution in [2.45, 2.75) is 38.5 Å². The molecule has 1 aliphatic heterocycles. The maximum Gasteiger partial charge on any atom is 0.315 e. The van der Waals surface area contributed by atoms with Crippen LogP contribution >= 0.6 is 22.7 Å². The molecule has 2 aromatic heterocycles. The van der Waals surface area contributed by atoms with Gasteiger partial charge in [-0.2, -0.15) is 0 Å². The number of hydrogen-bond acceptors (Lipinski definition) is 6. The van der Waals surface area contributed by atoms with Gasteiger partial charge in [0.15, 0.2) is 5.78 Å². The highest BCUT2D eigenvalue weighted by atomic mass is 32.1. The zero-order chi connectivity index (χ0) is 19.1. The van der Waals surface area contributed by atoms with Crippen LogP contribution in [0.5, 0.6) is 0 Å². The number of rotatable bonds is 3. The molecule has 0 saturated heterocycles. The number of hydrogen-bond donors (Lipinski definition) is 0. The van der Waals surface area contributed by atoms with Crippen LogP contribution in [0.25, 0.3) is 0 Å². The summed E-state index contributed by atoms with van der Waals surface area (Å²) in [6.45, 7) is 3.91. The molecule has 2 aromatic rings. The number of allylic oxidation sites excluding steroid dienone is 2. The lowest BCUT2D eigenvalue weighted by Crippen LogP contribution is -2.37. The monoisotopic (exact) mass is 399 g/mol. The van der Waals surface area contributed by atoms with Crippen LogP contribution < -0.4 is 0 Å². The molecular formula is C21H21NO3S2. The summed E-state index contributed by atoms with van der Waals surface area (Å²) in [5.41, 5.74) is 2.29. The van der Waals surface area contributed by atoms with E-state index < -0.39 is 5.92 Å². The van der Waals surface area contributed by atoms with Crippen molar-refractivity contribution in [2.75, 3.05) is 7.11 Å². The SMILES string of the molecule is COC(=O)C1C(C)=NC2=C(C(=O)CC(c3cccs3)C2)C1c1ccc(C)s1. The zero-order valence-electron chi connectivity index (χ0n) is 15.5. The third-order valence-electron chi connectivity index (χ3n) is 5.36. The number of ketones is 1. The normalized spacial score (nSPS) is 25.2. The summed E-state index contributed by atoms with van der Waals surface area (Å²) >= 11 is 3.32. The molecule has 0 bridgehead atoms. The summed E-state index contributed by atoms with van der Waals surface area (Å²) in [6.07, 6.45) is 1.22. The Labute approximate surface area is 166 Å². The molecule has 0 aromatic carbocycles. The third kappa shape index (κ3) is 3.21. The van der Waals surface area contributed by atoms with E-state index in [4.69, 9.17) is 9.73 Å². The molecule has 140 valence electrons. The molecule has 0 saturated carbocycles. The molecular weight excluding hydrogens is 378 g/mol. The van der Waals surface area contributed by atoms with Gasteiger partial charge in [0.25, 0.3) is 0 Å². The average molecular weight is 400 g/mol. The maximum atomic E-state index is 13.2. The van der Waals surface area contributed by atoms with Gasteiger partial charge in [-0.3, -0.25) is 14.6 Å². The lowest BCUT2D eigenvalue weighted by Gasteiger charge is -2.35. The van der Waals surface area contributed by atoms with Gasteiger partial charge in [0.05, 0.1) is 7.11 Å². The summed E-state index contributed by atoms with van der Waals surface area (Å²) in [4.78, 5) is 33.9. The van der Waals surface area contributed by atoms with Crippen molar-refractivity contribution in [1.82, 2.24) is 0 Å². The standard InChI is InChI=1S/C21H21NO3S2/c1-11-6-7-17(27-11)20-18(21(24)25-3)12(2)22-14-9-13(10-15(23)19(14)20)16-5-4-8-26-16/h4-8,13,18,20H,9-10H2,1-3H3. The highest BCUT2D eigenvalue weighted by molar-refractivity contribution is 7.12. The van der Waals surface area contributed by atoms with Gasteiger partial charge in [-0.05, 0) is 43.8 Å². The highest BCUT2D eigenvalue weighted by Crippen LogP contribution is 2.48. The van der Waals surface area contributed by atoms with Crippen molar-refractivity contribution in [3.8, 4) is 0 Å². The fraction of sp³-hybridized carbons (Fsp3) is 0.381. The van der Waals surface area contributed by atoms with Gasteiger partial charge >= 0.3 is 5.97 Å². The molecule has 2 aliphatic rings. The minimum atomic E-state index is -0.533. The topological polar surface area (TPSA) is 55.7 Å². The molecule has 1 aliphatic carbocycles. The Kier molecular flexibility index (Phi) is 4.86. The summed E-state index contributed by atoms with van der Waals surface area (Å²) < 4.78 is 5.07. The lowest BCUT2D eigenvalue weighted by molar-refractivity contribution is -0.143. The number of esters is 1. The molecule has 0 N–H and O–H groups in total. The number of Topliss-reactive ketones (excluding diaryl/α,β-unsaturated/α-hetero) is 1. The fourth-order valence-electron chi connectivity index (χ4n) is 4.14. The summed E-state index contributed by atoms with van der Waals surface area (Å²) in [5.74, 6) is -0.870. The van der Waals surface area contributed by atoms with Crippen LogP contribution in [0, 0.1) is 12.8 Å². The number of methoxy groups -OCH3 is 1. The van der Waals surface area contributed by atoms with Gasteiger partial charge in [0, 0.05) is 49.9 Å². The Hall–Kier alpha value is -2.05. The molecule has 3 heterocycles.